The monoisotopic (exact) mass is 1400 g/mol. The molecule has 0 spiro atoms. The SMILES string of the molecule is CC(=O)N[C@H]1[C@@H](OP(=O)(O)OP(=O)(O)OCC[C@H](C)CCC=C(C)C)O[C@H](CO)[C@@H](O)[C@@H]1O[C@H](C)C(=O)N[C@@H](C)C(=O)N[C@H](CCC(=O)N[C@@H](CCCCNC(=O)CCCCCNC(=O)CCCC[C@@H]1SC[C@@H]2NC(=O)N[C@@H]21)C(=O)N[C@H](C)C(=O)N[C@H](C)C(=O)O)C(=O)O. The highest BCUT2D eigenvalue weighted by Crippen LogP contribution is 2.61. The first-order valence-electron chi connectivity index (χ1n) is 31.5. The lowest BCUT2D eigenvalue weighted by atomic mass is 9.96. The Balaban J connectivity index is 1.52. The minimum atomic E-state index is -5.69. The van der Waals surface area contributed by atoms with Crippen molar-refractivity contribution in [2.75, 3.05) is 32.1 Å². The van der Waals surface area contributed by atoms with E-state index in [1.165, 1.54) is 13.8 Å². The highest BCUT2D eigenvalue weighted by molar-refractivity contribution is 8.00. The van der Waals surface area contributed by atoms with Crippen LogP contribution in [0, 0.1) is 5.92 Å². The molecule has 3 aliphatic rings. The van der Waals surface area contributed by atoms with Gasteiger partial charge < -0.3 is 92.9 Å². The summed E-state index contributed by atoms with van der Waals surface area (Å²) >= 11 is 1.83. The van der Waals surface area contributed by atoms with Crippen LogP contribution < -0.4 is 53.2 Å². The maximum Gasteiger partial charge on any atom is 0.483 e. The Hall–Kier alpha value is -5.84. The summed E-state index contributed by atoms with van der Waals surface area (Å²) in [4.78, 5) is 160. The summed E-state index contributed by atoms with van der Waals surface area (Å²) in [6.07, 6.45) is -1.23. The van der Waals surface area contributed by atoms with Crippen molar-refractivity contribution in [1.82, 2.24) is 53.2 Å². The predicted molar refractivity (Wildman–Crippen MR) is 337 cm³/mol. The standard InChI is InChI=1S/C57H98N10O24P2S/c1-31(2)17-16-18-32(3)25-28-87-92(83,84)91-93(85,86)90-56-47(63-37(8)69)49(48(73)41(29-68)89-56)88-36(7)52(76)60-34(5)51(75)65-39(55(80)81)23-24-45(72)64-38(53(77)61-33(4)50(74)62-35(6)54(78)79)19-13-15-27-59-43(70)21-10-9-14-26-58-44(71)22-12-11-20-42-46-40(30-94-42)66-57(82)67-46/h17,32-36,38-42,46-49,56,68,73H,9-16,18-30H2,1-8H3,(H,58,71)(H,59,70)(H,60,76)(H,61,77)(H,62,74)(H,63,69)(H,64,72)(H,65,75)(H,78,79)(H,80,81)(H,83,84)(H,85,86)(H2,66,67,82)/t32-,33-,34+,35-,36-,38+,39-,40+,41-,42+,46+,47-,48-,49-,56-/m1/s1. The van der Waals surface area contributed by atoms with E-state index < -0.39 is 149 Å². The molecule has 16 N–H and O–H groups in total. The van der Waals surface area contributed by atoms with Gasteiger partial charge in [0.1, 0.15) is 60.7 Å². The van der Waals surface area contributed by atoms with Crippen LogP contribution in [0.15, 0.2) is 11.6 Å². The maximum atomic E-state index is 13.5. The lowest BCUT2D eigenvalue weighted by Gasteiger charge is -2.44. The molecule has 3 fully saturated rings. The van der Waals surface area contributed by atoms with Crippen molar-refractivity contribution in [3.8, 4) is 0 Å². The second-order valence-corrected chi connectivity index (χ2v) is 28.1. The van der Waals surface area contributed by atoms with Crippen molar-refractivity contribution in [2.45, 2.75) is 242 Å². The number of amides is 10. The second-order valence-electron chi connectivity index (χ2n) is 23.9. The molecule has 0 aromatic rings. The number of fused-ring (bicyclic) bond motifs is 1. The fourth-order valence-corrected chi connectivity index (χ4v) is 13.7. The lowest BCUT2D eigenvalue weighted by molar-refractivity contribution is -0.261. The van der Waals surface area contributed by atoms with Crippen LogP contribution in [0.25, 0.3) is 0 Å². The lowest BCUT2D eigenvalue weighted by Crippen LogP contribution is -2.66. The van der Waals surface area contributed by atoms with Crippen LogP contribution in [0.1, 0.15) is 158 Å². The molecule has 536 valence electrons. The van der Waals surface area contributed by atoms with Gasteiger partial charge in [0.25, 0.3) is 0 Å². The summed E-state index contributed by atoms with van der Waals surface area (Å²) in [5.41, 5.74) is 1.11. The topological polar surface area (TPSA) is 510 Å². The number of carbonyl (C=O) groups excluding carboxylic acids is 9. The number of carboxylic acid groups (broad SMARTS) is 2. The van der Waals surface area contributed by atoms with Gasteiger partial charge >= 0.3 is 33.6 Å². The van der Waals surface area contributed by atoms with E-state index in [9.17, 15) is 92.1 Å². The molecule has 2 unspecified atom stereocenters. The highest BCUT2D eigenvalue weighted by Gasteiger charge is 2.52. The minimum absolute atomic E-state index is 0.0165. The summed E-state index contributed by atoms with van der Waals surface area (Å²) in [5, 5.41) is 66.3. The zero-order valence-corrected chi connectivity index (χ0v) is 57.0. The number of nitrogens with one attached hydrogen (secondary N) is 10. The minimum Gasteiger partial charge on any atom is -0.480 e. The maximum absolute atomic E-state index is 13.5. The number of rotatable bonds is 45. The van der Waals surface area contributed by atoms with Gasteiger partial charge in [-0.3, -0.25) is 52.2 Å². The summed E-state index contributed by atoms with van der Waals surface area (Å²) in [7, 11) is -11.0. The molecule has 0 aliphatic carbocycles. The Morgan fingerprint density at radius 3 is 1.89 bits per heavy atom. The molecule has 3 rings (SSSR count). The smallest absolute Gasteiger partial charge is 0.480 e. The van der Waals surface area contributed by atoms with Crippen LogP contribution in [0.2, 0.25) is 0 Å². The third-order valence-electron chi connectivity index (χ3n) is 15.4. The number of aliphatic carboxylic acids is 2. The van der Waals surface area contributed by atoms with E-state index in [2.05, 4.69) is 57.5 Å². The molecule has 37 heteroatoms. The summed E-state index contributed by atoms with van der Waals surface area (Å²) < 4.78 is 51.5. The zero-order valence-electron chi connectivity index (χ0n) is 54.4. The van der Waals surface area contributed by atoms with Gasteiger partial charge in [0.2, 0.25) is 47.3 Å². The van der Waals surface area contributed by atoms with Crippen LogP contribution >= 0.6 is 27.4 Å². The Morgan fingerprint density at radius 1 is 0.681 bits per heavy atom. The van der Waals surface area contributed by atoms with Crippen molar-refractivity contribution in [2.24, 2.45) is 5.92 Å². The third-order valence-corrected chi connectivity index (χ3v) is 19.5. The average Bonchev–Trinajstić information content (AvgIpc) is 0.933. The molecule has 0 aromatic carbocycles. The molecule has 3 heterocycles. The van der Waals surface area contributed by atoms with Crippen molar-refractivity contribution < 1.29 is 115 Å². The van der Waals surface area contributed by atoms with Gasteiger partial charge in [0.05, 0.1) is 25.3 Å². The van der Waals surface area contributed by atoms with E-state index in [-0.39, 0.29) is 74.7 Å². The van der Waals surface area contributed by atoms with Crippen LogP contribution in [0.3, 0.4) is 0 Å². The molecule has 3 aliphatic heterocycles. The normalized spacial score (nSPS) is 23.4. The molecule has 34 nitrogen and oxygen atoms in total. The van der Waals surface area contributed by atoms with E-state index in [0.717, 1.165) is 57.8 Å². The highest BCUT2D eigenvalue weighted by atomic mass is 32.2. The number of aliphatic hydroxyl groups excluding tert-OH is 2. The van der Waals surface area contributed by atoms with Crippen LogP contribution in [0.5, 0.6) is 0 Å². The van der Waals surface area contributed by atoms with E-state index in [1.807, 2.05) is 38.6 Å². The number of allylic oxidation sites excluding steroid dienone is 2. The number of phosphoric acid groups is 2. The van der Waals surface area contributed by atoms with Gasteiger partial charge in [-0.25, -0.2) is 18.7 Å². The quantitative estimate of drug-likeness (QED) is 0.0171. The molecule has 10 amide bonds. The predicted octanol–water partition coefficient (Wildman–Crippen LogP) is 0.488. The number of unbranched alkanes of at least 4 members (excludes halogenated alkanes) is 4. The molecule has 0 saturated carbocycles. The molecule has 0 aromatic heterocycles. The number of hydrogen-bond acceptors (Lipinski definition) is 21. The van der Waals surface area contributed by atoms with Crippen molar-refractivity contribution in [3.05, 3.63) is 11.6 Å². The first kappa shape index (κ1) is 82.4. The van der Waals surface area contributed by atoms with E-state index >= 15 is 0 Å². The Kier molecular flexibility index (Phi) is 36.2. The van der Waals surface area contributed by atoms with Gasteiger partial charge in [-0.05, 0) is 118 Å². The first-order chi connectivity index (χ1) is 44.1. The van der Waals surface area contributed by atoms with Crippen molar-refractivity contribution in [1.29, 1.82) is 0 Å². The number of carbonyl (C=O) groups is 11. The third kappa shape index (κ3) is 30.9. The van der Waals surface area contributed by atoms with Gasteiger partial charge in [-0.1, -0.05) is 31.4 Å². The second kappa shape index (κ2) is 41.3. The van der Waals surface area contributed by atoms with Gasteiger partial charge in [0, 0.05) is 50.3 Å². The number of aliphatic hydroxyl groups is 2. The summed E-state index contributed by atoms with van der Waals surface area (Å²) in [5.74, 6) is -7.97. The summed E-state index contributed by atoms with van der Waals surface area (Å²) in [6.45, 7) is 10.7. The van der Waals surface area contributed by atoms with E-state index in [4.69, 9.17) is 18.5 Å². The fraction of sp³-hybridized carbons (Fsp3) is 0.772. The molecular weight excluding hydrogens is 1300 g/mol. The molecule has 17 atom stereocenters. The zero-order chi connectivity index (χ0) is 70.5. The number of thioether (sulfide) groups is 1. The molecule has 3 saturated heterocycles. The molecule has 0 bridgehead atoms. The van der Waals surface area contributed by atoms with Crippen LogP contribution in [-0.4, -0.2) is 212 Å². The number of carboxylic acids is 2. The Labute approximate surface area is 550 Å². The largest absolute Gasteiger partial charge is 0.483 e. The van der Waals surface area contributed by atoms with E-state index in [1.54, 1.807) is 0 Å². The number of urea groups is 1. The van der Waals surface area contributed by atoms with Crippen molar-refractivity contribution in [3.63, 3.8) is 0 Å². The van der Waals surface area contributed by atoms with Gasteiger partial charge in [-0.2, -0.15) is 16.1 Å². The van der Waals surface area contributed by atoms with Crippen LogP contribution in [-0.2, 0) is 79.9 Å². The fourth-order valence-electron chi connectivity index (χ4n) is 9.99. The molecule has 94 heavy (non-hydrogen) atoms. The van der Waals surface area contributed by atoms with Gasteiger partial charge in [0.15, 0.2) is 6.29 Å². The van der Waals surface area contributed by atoms with E-state index in [0.29, 0.717) is 50.3 Å². The van der Waals surface area contributed by atoms with Crippen molar-refractivity contribution >= 4 is 92.6 Å². The Morgan fingerprint density at radius 2 is 1.29 bits per heavy atom. The van der Waals surface area contributed by atoms with Gasteiger partial charge in [-0.15, -0.1) is 0 Å². The number of phosphoric ester groups is 2. The first-order valence-corrected chi connectivity index (χ1v) is 35.5. The average molecular weight is 1400 g/mol. The number of ether oxygens (including phenoxy) is 2. The molecular formula is C57H98N10O24P2S. The summed E-state index contributed by atoms with van der Waals surface area (Å²) in [6, 6.07) is -8.90. The number of hydrogen-bond donors (Lipinski definition) is 16. The Bertz CT molecular complexity index is 2700. The van der Waals surface area contributed by atoms with Crippen LogP contribution in [0.4, 0.5) is 4.79 Å². The molecule has 0 radical (unpaired) electrons.